The van der Waals surface area contributed by atoms with Gasteiger partial charge in [-0.1, -0.05) is 12.2 Å². The number of amides is 2. The molecular weight excluding hydrogens is 328 g/mol. The quantitative estimate of drug-likeness (QED) is 0.359. The Morgan fingerprint density at radius 3 is 2.48 bits per heavy atom. The van der Waals surface area contributed by atoms with Crippen LogP contribution in [0.4, 0.5) is 5.69 Å². The summed E-state index contributed by atoms with van der Waals surface area (Å²) < 4.78 is 10.7. The topological polar surface area (TPSA) is 99.0 Å². The van der Waals surface area contributed by atoms with E-state index in [1.165, 1.54) is 17.0 Å². The van der Waals surface area contributed by atoms with Crippen molar-refractivity contribution in [3.8, 4) is 5.75 Å². The molecule has 4 rings (SSSR count). The van der Waals surface area contributed by atoms with Crippen LogP contribution in [0.2, 0.25) is 0 Å². The zero-order chi connectivity index (χ0) is 17.6. The number of ether oxygens (including phenoxy) is 2. The number of non-ortho nitro benzene ring substituents is 1. The zero-order valence-electron chi connectivity index (χ0n) is 13.3. The van der Waals surface area contributed by atoms with Gasteiger partial charge in [-0.3, -0.25) is 24.6 Å². The predicted octanol–water partition coefficient (Wildman–Crippen LogP) is 1.91. The lowest BCUT2D eigenvalue weighted by atomic mass is 9.85. The number of benzene rings is 1. The molecule has 3 aliphatic rings. The molecule has 1 aromatic carbocycles. The van der Waals surface area contributed by atoms with Crippen LogP contribution in [-0.2, 0) is 27.5 Å². The number of hydrogen-bond acceptors (Lipinski definition) is 6. The summed E-state index contributed by atoms with van der Waals surface area (Å²) in [6, 6.07) is 2.76. The van der Waals surface area contributed by atoms with Gasteiger partial charge in [0.2, 0.25) is 11.8 Å². The van der Waals surface area contributed by atoms with Crippen molar-refractivity contribution in [2.45, 2.75) is 26.0 Å². The average molecular weight is 344 g/mol. The van der Waals surface area contributed by atoms with Gasteiger partial charge in [-0.25, -0.2) is 0 Å². The van der Waals surface area contributed by atoms with Gasteiger partial charge in [0.1, 0.15) is 5.75 Å². The smallest absolute Gasteiger partial charge is 0.270 e. The summed E-state index contributed by atoms with van der Waals surface area (Å²) in [6.45, 7) is 0.213. The van der Waals surface area contributed by atoms with Crippen molar-refractivity contribution in [3.05, 3.63) is 45.5 Å². The minimum Gasteiger partial charge on any atom is -0.467 e. The second kappa shape index (κ2) is 5.96. The molecular formula is C17H16N2O6. The van der Waals surface area contributed by atoms with Crippen LogP contribution in [0, 0.1) is 22.0 Å². The van der Waals surface area contributed by atoms with Crippen molar-refractivity contribution in [1.82, 2.24) is 4.90 Å². The number of likely N-dealkylation sites (tertiary alicyclic amines) is 1. The standard InChI is InChI=1S/C17H16N2O6/c20-16-13-3-1-2-4-14(13)17(21)18(16)7-10-5-12(19(22)23)6-11-8-24-9-25-15(10)11/h1-2,5-6,13-14H,3-4,7-9H2/t13-,14+. The van der Waals surface area contributed by atoms with Crippen LogP contribution >= 0.6 is 0 Å². The Bertz CT molecular complexity index is 777. The molecule has 130 valence electrons. The molecule has 0 radical (unpaired) electrons. The number of nitro benzene ring substituents is 1. The Labute approximate surface area is 143 Å². The van der Waals surface area contributed by atoms with Crippen molar-refractivity contribution in [1.29, 1.82) is 0 Å². The van der Waals surface area contributed by atoms with E-state index in [2.05, 4.69) is 0 Å². The number of nitrogens with zero attached hydrogens (tertiary/aromatic N) is 2. The van der Waals surface area contributed by atoms with Gasteiger partial charge in [-0.15, -0.1) is 0 Å². The van der Waals surface area contributed by atoms with E-state index < -0.39 is 4.92 Å². The average Bonchev–Trinajstić information content (AvgIpc) is 2.87. The largest absolute Gasteiger partial charge is 0.467 e. The first-order valence-corrected chi connectivity index (χ1v) is 8.07. The first-order valence-electron chi connectivity index (χ1n) is 8.07. The van der Waals surface area contributed by atoms with Crippen LogP contribution in [0.3, 0.4) is 0 Å². The first-order chi connectivity index (χ1) is 12.1. The van der Waals surface area contributed by atoms with Gasteiger partial charge < -0.3 is 9.47 Å². The van der Waals surface area contributed by atoms with E-state index in [-0.39, 0.29) is 49.3 Å². The number of allylic oxidation sites excluding steroid dienone is 2. The van der Waals surface area contributed by atoms with E-state index in [0.717, 1.165) is 0 Å². The first kappa shape index (κ1) is 15.8. The summed E-state index contributed by atoms with van der Waals surface area (Å²) in [5.74, 6) is -0.615. The van der Waals surface area contributed by atoms with Gasteiger partial charge in [0.25, 0.3) is 5.69 Å². The van der Waals surface area contributed by atoms with Crippen molar-refractivity contribution in [2.75, 3.05) is 6.79 Å². The van der Waals surface area contributed by atoms with Gasteiger partial charge in [0, 0.05) is 23.3 Å². The Kier molecular flexibility index (Phi) is 3.76. The molecule has 0 saturated carbocycles. The van der Waals surface area contributed by atoms with Crippen molar-refractivity contribution in [3.63, 3.8) is 0 Å². The molecule has 0 N–H and O–H groups in total. The van der Waals surface area contributed by atoms with Gasteiger partial charge in [0.15, 0.2) is 6.79 Å². The Balaban J connectivity index is 1.68. The highest BCUT2D eigenvalue weighted by molar-refractivity contribution is 6.05. The monoisotopic (exact) mass is 344 g/mol. The molecule has 8 nitrogen and oxygen atoms in total. The molecule has 1 aliphatic carbocycles. The van der Waals surface area contributed by atoms with Gasteiger partial charge in [-0.2, -0.15) is 0 Å². The summed E-state index contributed by atoms with van der Waals surface area (Å²) in [5.41, 5.74) is 0.899. The Morgan fingerprint density at radius 1 is 1.16 bits per heavy atom. The lowest BCUT2D eigenvalue weighted by Crippen LogP contribution is -2.31. The molecule has 0 bridgehead atoms. The fraction of sp³-hybridized carbons (Fsp3) is 0.412. The van der Waals surface area contributed by atoms with Crippen molar-refractivity contribution < 1.29 is 24.0 Å². The highest BCUT2D eigenvalue weighted by atomic mass is 16.7. The van der Waals surface area contributed by atoms with Crippen LogP contribution in [0.5, 0.6) is 5.75 Å². The maximum absolute atomic E-state index is 12.6. The highest BCUT2D eigenvalue weighted by Gasteiger charge is 2.47. The second-order valence-electron chi connectivity index (χ2n) is 6.38. The summed E-state index contributed by atoms with van der Waals surface area (Å²) in [7, 11) is 0. The molecule has 1 aromatic rings. The highest BCUT2D eigenvalue weighted by Crippen LogP contribution is 2.38. The zero-order valence-corrected chi connectivity index (χ0v) is 13.3. The molecule has 2 heterocycles. The molecule has 2 atom stereocenters. The number of carbonyl (C=O) groups excluding carboxylic acids is 2. The molecule has 0 spiro atoms. The fourth-order valence-corrected chi connectivity index (χ4v) is 3.70. The van der Waals surface area contributed by atoms with Crippen LogP contribution in [0.25, 0.3) is 0 Å². The number of hydrogen-bond donors (Lipinski definition) is 0. The summed E-state index contributed by atoms with van der Waals surface area (Å²) in [6.07, 6.45) is 4.96. The van der Waals surface area contributed by atoms with Crippen LogP contribution < -0.4 is 4.74 Å². The number of fused-ring (bicyclic) bond motifs is 2. The minimum atomic E-state index is -0.504. The molecule has 0 unspecified atom stereocenters. The number of imide groups is 1. The van der Waals surface area contributed by atoms with Gasteiger partial charge in [-0.05, 0) is 12.8 Å². The number of nitro groups is 1. The third-order valence-electron chi connectivity index (χ3n) is 4.91. The van der Waals surface area contributed by atoms with Gasteiger partial charge in [0.05, 0.1) is 29.9 Å². The van der Waals surface area contributed by atoms with E-state index in [1.54, 1.807) is 0 Å². The Hall–Kier alpha value is -2.74. The Morgan fingerprint density at radius 2 is 1.84 bits per heavy atom. The lowest BCUT2D eigenvalue weighted by Gasteiger charge is -2.22. The summed E-state index contributed by atoms with van der Waals surface area (Å²) >= 11 is 0. The number of carbonyl (C=O) groups is 2. The van der Waals surface area contributed by atoms with E-state index >= 15 is 0 Å². The molecule has 1 fully saturated rings. The maximum Gasteiger partial charge on any atom is 0.270 e. The van der Waals surface area contributed by atoms with E-state index in [0.29, 0.717) is 29.7 Å². The van der Waals surface area contributed by atoms with Gasteiger partial charge >= 0.3 is 0 Å². The fourth-order valence-electron chi connectivity index (χ4n) is 3.70. The maximum atomic E-state index is 12.6. The third-order valence-corrected chi connectivity index (χ3v) is 4.91. The molecule has 2 amide bonds. The van der Waals surface area contributed by atoms with E-state index in [4.69, 9.17) is 9.47 Å². The normalized spacial score (nSPS) is 24.7. The predicted molar refractivity (Wildman–Crippen MR) is 84.3 cm³/mol. The molecule has 1 saturated heterocycles. The summed E-state index contributed by atoms with van der Waals surface area (Å²) in [5, 5.41) is 11.2. The lowest BCUT2D eigenvalue weighted by molar-refractivity contribution is -0.385. The third kappa shape index (κ3) is 2.58. The van der Waals surface area contributed by atoms with E-state index in [1.807, 2.05) is 12.2 Å². The molecule has 25 heavy (non-hydrogen) atoms. The summed E-state index contributed by atoms with van der Waals surface area (Å²) in [4.78, 5) is 37.1. The van der Waals surface area contributed by atoms with Crippen LogP contribution in [0.1, 0.15) is 24.0 Å². The number of rotatable bonds is 3. The molecule has 2 aliphatic heterocycles. The molecule has 8 heteroatoms. The van der Waals surface area contributed by atoms with Crippen LogP contribution in [0.15, 0.2) is 24.3 Å². The van der Waals surface area contributed by atoms with Crippen molar-refractivity contribution >= 4 is 17.5 Å². The van der Waals surface area contributed by atoms with Crippen molar-refractivity contribution in [2.24, 2.45) is 11.8 Å². The minimum absolute atomic E-state index is 0.0192. The second-order valence-corrected chi connectivity index (χ2v) is 6.38. The van der Waals surface area contributed by atoms with E-state index in [9.17, 15) is 19.7 Å². The van der Waals surface area contributed by atoms with Crippen LogP contribution in [-0.4, -0.2) is 28.4 Å². The SMILES string of the molecule is O=C1[C@H]2CC=CC[C@H]2C(=O)N1Cc1cc([N+](=O)[O-])cc2c1OCOC2. The molecule has 0 aromatic heterocycles.